The van der Waals surface area contributed by atoms with E-state index >= 15 is 0 Å². The Morgan fingerprint density at radius 3 is 2.71 bits per heavy atom. The van der Waals surface area contributed by atoms with Gasteiger partial charge in [-0.05, 0) is 32.4 Å². The van der Waals surface area contributed by atoms with Gasteiger partial charge in [0.1, 0.15) is 0 Å². The van der Waals surface area contributed by atoms with Crippen molar-refractivity contribution in [2.24, 2.45) is 0 Å². The average Bonchev–Trinajstić information content (AvgIpc) is 3.05. The van der Waals surface area contributed by atoms with Gasteiger partial charge in [0.15, 0.2) is 0 Å². The van der Waals surface area contributed by atoms with Gasteiger partial charge in [-0.15, -0.1) is 0 Å². The number of halogens is 1. The summed E-state index contributed by atoms with van der Waals surface area (Å²) in [4.78, 5) is 0. The standard InChI is InChI=1S/C15H24ClN5/c1-4-8-17-10-12-7-9-18-21(12)11-14-15(16)13(5-2)19-20(14)6-3/h7,9,17H,4-6,8,10-11H2,1-3H3. The van der Waals surface area contributed by atoms with Crippen LogP contribution in [-0.2, 0) is 26.1 Å². The Labute approximate surface area is 131 Å². The molecule has 0 spiro atoms. The quantitative estimate of drug-likeness (QED) is 0.763. The number of aromatic nitrogens is 4. The van der Waals surface area contributed by atoms with Crippen LogP contribution in [0.4, 0.5) is 0 Å². The van der Waals surface area contributed by atoms with Gasteiger partial charge in [0.25, 0.3) is 0 Å². The zero-order valence-electron chi connectivity index (χ0n) is 13.1. The number of nitrogens with zero attached hydrogens (tertiary/aromatic N) is 4. The predicted molar refractivity (Wildman–Crippen MR) is 85.6 cm³/mol. The van der Waals surface area contributed by atoms with E-state index in [1.54, 1.807) is 0 Å². The van der Waals surface area contributed by atoms with E-state index in [0.29, 0.717) is 6.54 Å². The predicted octanol–water partition coefficient (Wildman–Crippen LogP) is 2.86. The molecular formula is C15H24ClN5. The first kappa shape index (κ1) is 16.0. The SMILES string of the molecule is CCCNCc1ccnn1Cc1c(Cl)c(CC)nn1CC. The van der Waals surface area contributed by atoms with Crippen molar-refractivity contribution in [3.05, 3.63) is 34.4 Å². The first-order chi connectivity index (χ1) is 10.2. The molecule has 0 fully saturated rings. The molecule has 2 aromatic rings. The fraction of sp³-hybridized carbons (Fsp3) is 0.600. The van der Waals surface area contributed by atoms with Crippen LogP contribution in [0.1, 0.15) is 44.3 Å². The minimum atomic E-state index is 0.663. The zero-order valence-corrected chi connectivity index (χ0v) is 13.8. The van der Waals surface area contributed by atoms with Crippen molar-refractivity contribution >= 4 is 11.6 Å². The van der Waals surface area contributed by atoms with Crippen LogP contribution >= 0.6 is 11.6 Å². The Kier molecular flexibility index (Phi) is 5.82. The molecule has 0 unspecified atom stereocenters. The van der Waals surface area contributed by atoms with E-state index in [4.69, 9.17) is 11.6 Å². The van der Waals surface area contributed by atoms with Gasteiger partial charge in [-0.25, -0.2) is 0 Å². The Morgan fingerprint density at radius 2 is 2.05 bits per heavy atom. The van der Waals surface area contributed by atoms with E-state index < -0.39 is 0 Å². The summed E-state index contributed by atoms with van der Waals surface area (Å²) in [6.45, 7) is 9.64. The summed E-state index contributed by atoms with van der Waals surface area (Å²) in [5, 5.41) is 13.2. The third-order valence-corrected chi connectivity index (χ3v) is 3.97. The molecule has 0 saturated heterocycles. The highest BCUT2D eigenvalue weighted by Crippen LogP contribution is 2.22. The molecule has 0 aliphatic rings. The van der Waals surface area contributed by atoms with E-state index in [0.717, 1.165) is 48.9 Å². The third-order valence-electron chi connectivity index (χ3n) is 3.53. The average molecular weight is 310 g/mol. The van der Waals surface area contributed by atoms with Crippen LogP contribution in [0.15, 0.2) is 12.3 Å². The lowest BCUT2D eigenvalue weighted by atomic mass is 10.3. The lowest BCUT2D eigenvalue weighted by molar-refractivity contribution is 0.547. The summed E-state index contributed by atoms with van der Waals surface area (Å²) in [7, 11) is 0. The fourth-order valence-corrected chi connectivity index (χ4v) is 2.68. The lowest BCUT2D eigenvalue weighted by Crippen LogP contribution is -2.18. The molecule has 0 aliphatic carbocycles. The molecule has 5 nitrogen and oxygen atoms in total. The number of aryl methyl sites for hydroxylation is 2. The van der Waals surface area contributed by atoms with Gasteiger partial charge < -0.3 is 5.32 Å². The summed E-state index contributed by atoms with van der Waals surface area (Å²) >= 11 is 6.46. The van der Waals surface area contributed by atoms with Gasteiger partial charge in [0.05, 0.1) is 28.6 Å². The molecule has 2 rings (SSSR count). The summed E-state index contributed by atoms with van der Waals surface area (Å²) in [6.07, 6.45) is 3.82. The summed E-state index contributed by atoms with van der Waals surface area (Å²) in [5.74, 6) is 0. The Bertz CT molecular complexity index is 573. The van der Waals surface area contributed by atoms with E-state index in [-0.39, 0.29) is 0 Å². The summed E-state index contributed by atoms with van der Waals surface area (Å²) in [6, 6.07) is 2.05. The summed E-state index contributed by atoms with van der Waals surface area (Å²) in [5.41, 5.74) is 3.17. The molecule has 116 valence electrons. The van der Waals surface area contributed by atoms with Crippen molar-refractivity contribution in [3.8, 4) is 0 Å². The fourth-order valence-electron chi connectivity index (χ4n) is 2.36. The van der Waals surface area contributed by atoms with Crippen LogP contribution < -0.4 is 5.32 Å². The van der Waals surface area contributed by atoms with Gasteiger partial charge in [0.2, 0.25) is 0 Å². The first-order valence-corrected chi connectivity index (χ1v) is 8.04. The maximum atomic E-state index is 6.46. The Hall–Kier alpha value is -1.33. The van der Waals surface area contributed by atoms with Gasteiger partial charge in [-0.3, -0.25) is 9.36 Å². The molecule has 1 N–H and O–H groups in total. The molecule has 2 heterocycles. The second kappa shape index (κ2) is 7.61. The van der Waals surface area contributed by atoms with Crippen molar-refractivity contribution in [1.29, 1.82) is 0 Å². The number of hydrogen-bond acceptors (Lipinski definition) is 3. The topological polar surface area (TPSA) is 47.7 Å². The van der Waals surface area contributed by atoms with Crippen LogP contribution in [0.3, 0.4) is 0 Å². The van der Waals surface area contributed by atoms with Crippen molar-refractivity contribution in [1.82, 2.24) is 24.9 Å². The molecule has 0 aromatic carbocycles. The van der Waals surface area contributed by atoms with Crippen molar-refractivity contribution in [3.63, 3.8) is 0 Å². The molecule has 6 heteroatoms. The first-order valence-electron chi connectivity index (χ1n) is 7.66. The van der Waals surface area contributed by atoms with Crippen molar-refractivity contribution < 1.29 is 0 Å². The molecule has 0 radical (unpaired) electrons. The molecule has 0 aliphatic heterocycles. The number of nitrogens with one attached hydrogen (secondary N) is 1. The van der Waals surface area contributed by atoms with Crippen molar-refractivity contribution in [2.75, 3.05) is 6.54 Å². The highest BCUT2D eigenvalue weighted by molar-refractivity contribution is 6.31. The zero-order chi connectivity index (χ0) is 15.2. The molecule has 21 heavy (non-hydrogen) atoms. The minimum absolute atomic E-state index is 0.663. The van der Waals surface area contributed by atoms with Gasteiger partial charge in [-0.2, -0.15) is 10.2 Å². The van der Waals surface area contributed by atoms with E-state index in [2.05, 4.69) is 36.3 Å². The highest BCUT2D eigenvalue weighted by atomic mass is 35.5. The second-order valence-corrected chi connectivity index (χ2v) is 5.41. The van der Waals surface area contributed by atoms with Gasteiger partial charge in [-0.1, -0.05) is 25.4 Å². The van der Waals surface area contributed by atoms with Crippen LogP contribution in [0, 0.1) is 0 Å². The van der Waals surface area contributed by atoms with Crippen LogP contribution in [0.5, 0.6) is 0 Å². The number of rotatable bonds is 8. The lowest BCUT2D eigenvalue weighted by Gasteiger charge is -2.10. The molecule has 0 atom stereocenters. The smallest absolute Gasteiger partial charge is 0.0869 e. The van der Waals surface area contributed by atoms with Crippen LogP contribution in [-0.4, -0.2) is 26.1 Å². The number of hydrogen-bond donors (Lipinski definition) is 1. The third kappa shape index (κ3) is 3.66. The van der Waals surface area contributed by atoms with E-state index in [1.165, 1.54) is 5.69 Å². The molecule has 0 amide bonds. The maximum absolute atomic E-state index is 6.46. The molecule has 2 aromatic heterocycles. The summed E-state index contributed by atoms with van der Waals surface area (Å²) < 4.78 is 3.98. The second-order valence-electron chi connectivity index (χ2n) is 5.03. The monoisotopic (exact) mass is 309 g/mol. The normalized spacial score (nSPS) is 11.2. The molecule has 0 bridgehead atoms. The van der Waals surface area contributed by atoms with E-state index in [1.807, 2.05) is 21.6 Å². The van der Waals surface area contributed by atoms with Crippen molar-refractivity contribution in [2.45, 2.75) is 53.2 Å². The Morgan fingerprint density at radius 1 is 1.24 bits per heavy atom. The molecular weight excluding hydrogens is 286 g/mol. The minimum Gasteiger partial charge on any atom is -0.311 e. The maximum Gasteiger partial charge on any atom is 0.0869 e. The highest BCUT2D eigenvalue weighted by Gasteiger charge is 2.15. The molecule has 0 saturated carbocycles. The van der Waals surface area contributed by atoms with Crippen LogP contribution in [0.25, 0.3) is 0 Å². The Balaban J connectivity index is 2.18. The van der Waals surface area contributed by atoms with E-state index in [9.17, 15) is 0 Å². The van der Waals surface area contributed by atoms with Gasteiger partial charge >= 0.3 is 0 Å². The van der Waals surface area contributed by atoms with Crippen LogP contribution in [0.2, 0.25) is 5.02 Å². The largest absolute Gasteiger partial charge is 0.311 e. The van der Waals surface area contributed by atoms with Gasteiger partial charge in [0, 0.05) is 19.3 Å².